The molecule has 2 amide bonds. The summed E-state index contributed by atoms with van der Waals surface area (Å²) in [6.07, 6.45) is 0.833. The number of amides is 2. The van der Waals surface area contributed by atoms with Crippen LogP contribution in [0, 0.1) is 13.8 Å². The van der Waals surface area contributed by atoms with Crippen LogP contribution in [0.1, 0.15) is 37.0 Å². The van der Waals surface area contributed by atoms with Gasteiger partial charge >= 0.3 is 0 Å². The van der Waals surface area contributed by atoms with E-state index in [-0.39, 0.29) is 18.4 Å². The standard InChI is InChI=1S/C23H29ClN2O3/c1-5-12-25-23(28)18(4)26(14-19-7-9-20(24)10-8-19)22(27)15-29-21-11-6-16(2)13-17(21)3/h6-11,13,18H,5,12,14-15H2,1-4H3,(H,25,28). The molecule has 1 atom stereocenters. The van der Waals surface area contributed by atoms with Gasteiger partial charge in [0.1, 0.15) is 11.8 Å². The molecule has 0 aliphatic carbocycles. The summed E-state index contributed by atoms with van der Waals surface area (Å²) < 4.78 is 5.76. The Morgan fingerprint density at radius 3 is 2.45 bits per heavy atom. The van der Waals surface area contributed by atoms with Crippen LogP contribution in [-0.2, 0) is 16.1 Å². The van der Waals surface area contributed by atoms with Gasteiger partial charge in [-0.2, -0.15) is 0 Å². The Morgan fingerprint density at radius 2 is 1.83 bits per heavy atom. The second-order valence-electron chi connectivity index (χ2n) is 7.17. The fourth-order valence-electron chi connectivity index (χ4n) is 2.95. The molecule has 0 fully saturated rings. The Morgan fingerprint density at radius 1 is 1.14 bits per heavy atom. The molecule has 1 unspecified atom stereocenters. The van der Waals surface area contributed by atoms with E-state index in [0.29, 0.717) is 23.9 Å². The molecular formula is C23H29ClN2O3. The van der Waals surface area contributed by atoms with Gasteiger partial charge in [0.05, 0.1) is 0 Å². The zero-order chi connectivity index (χ0) is 21.4. The number of hydrogen-bond acceptors (Lipinski definition) is 3. The second kappa shape index (κ2) is 10.9. The van der Waals surface area contributed by atoms with Gasteiger partial charge in [-0.25, -0.2) is 0 Å². The molecule has 2 rings (SSSR count). The molecule has 2 aromatic carbocycles. The maximum Gasteiger partial charge on any atom is 0.261 e. The molecule has 2 aromatic rings. The molecule has 5 nitrogen and oxygen atoms in total. The number of benzene rings is 2. The number of carbonyl (C=O) groups excluding carboxylic acids is 2. The van der Waals surface area contributed by atoms with Crippen molar-refractivity contribution in [3.05, 3.63) is 64.2 Å². The Kier molecular flexibility index (Phi) is 8.52. The first-order chi connectivity index (χ1) is 13.8. The zero-order valence-electron chi connectivity index (χ0n) is 17.5. The van der Waals surface area contributed by atoms with Crippen molar-refractivity contribution < 1.29 is 14.3 Å². The summed E-state index contributed by atoms with van der Waals surface area (Å²) >= 11 is 5.96. The number of ether oxygens (including phenoxy) is 1. The van der Waals surface area contributed by atoms with E-state index in [9.17, 15) is 9.59 Å². The van der Waals surface area contributed by atoms with Crippen molar-refractivity contribution in [2.24, 2.45) is 0 Å². The highest BCUT2D eigenvalue weighted by Crippen LogP contribution is 2.19. The minimum absolute atomic E-state index is 0.136. The van der Waals surface area contributed by atoms with Gasteiger partial charge < -0.3 is 15.0 Å². The Bertz CT molecular complexity index is 837. The number of halogens is 1. The second-order valence-corrected chi connectivity index (χ2v) is 7.61. The minimum Gasteiger partial charge on any atom is -0.483 e. The zero-order valence-corrected chi connectivity index (χ0v) is 18.3. The normalized spacial score (nSPS) is 11.6. The molecule has 0 spiro atoms. The smallest absolute Gasteiger partial charge is 0.261 e. The van der Waals surface area contributed by atoms with Crippen molar-refractivity contribution in [2.75, 3.05) is 13.2 Å². The first-order valence-corrected chi connectivity index (χ1v) is 10.2. The highest BCUT2D eigenvalue weighted by Gasteiger charge is 2.26. The fourth-order valence-corrected chi connectivity index (χ4v) is 3.07. The molecule has 0 heterocycles. The monoisotopic (exact) mass is 416 g/mol. The topological polar surface area (TPSA) is 58.6 Å². The van der Waals surface area contributed by atoms with Gasteiger partial charge in [-0.15, -0.1) is 0 Å². The first kappa shape index (κ1) is 22.8. The van der Waals surface area contributed by atoms with Crippen molar-refractivity contribution in [1.82, 2.24) is 10.2 Å². The molecular weight excluding hydrogens is 388 g/mol. The predicted molar refractivity (Wildman–Crippen MR) is 116 cm³/mol. The summed E-state index contributed by atoms with van der Waals surface area (Å²) in [7, 11) is 0. The molecule has 0 bridgehead atoms. The third-order valence-corrected chi connectivity index (χ3v) is 4.92. The minimum atomic E-state index is -0.618. The summed E-state index contributed by atoms with van der Waals surface area (Å²) in [5, 5.41) is 3.48. The van der Waals surface area contributed by atoms with Crippen LogP contribution >= 0.6 is 11.6 Å². The number of hydrogen-bond donors (Lipinski definition) is 1. The lowest BCUT2D eigenvalue weighted by Crippen LogP contribution is -2.49. The summed E-state index contributed by atoms with van der Waals surface area (Å²) in [4.78, 5) is 27.0. The van der Waals surface area contributed by atoms with E-state index in [4.69, 9.17) is 16.3 Å². The Balaban J connectivity index is 2.14. The van der Waals surface area contributed by atoms with Crippen LogP contribution in [-0.4, -0.2) is 35.9 Å². The fraction of sp³-hybridized carbons (Fsp3) is 0.391. The lowest BCUT2D eigenvalue weighted by molar-refractivity contribution is -0.142. The van der Waals surface area contributed by atoms with Gasteiger partial charge in [0.15, 0.2) is 6.61 Å². The van der Waals surface area contributed by atoms with Crippen LogP contribution in [0.15, 0.2) is 42.5 Å². The molecule has 29 heavy (non-hydrogen) atoms. The van der Waals surface area contributed by atoms with E-state index >= 15 is 0 Å². The first-order valence-electron chi connectivity index (χ1n) is 9.83. The van der Waals surface area contributed by atoms with Gasteiger partial charge in [-0.3, -0.25) is 9.59 Å². The van der Waals surface area contributed by atoms with E-state index in [2.05, 4.69) is 5.32 Å². The van der Waals surface area contributed by atoms with E-state index in [0.717, 1.165) is 23.1 Å². The maximum atomic E-state index is 13.0. The summed E-state index contributed by atoms with van der Waals surface area (Å²) in [5.41, 5.74) is 2.99. The van der Waals surface area contributed by atoms with E-state index in [1.165, 1.54) is 4.90 Å². The van der Waals surface area contributed by atoms with Crippen LogP contribution in [0.2, 0.25) is 5.02 Å². The van der Waals surface area contributed by atoms with Gasteiger partial charge in [-0.05, 0) is 56.5 Å². The number of carbonyl (C=O) groups is 2. The molecule has 0 aliphatic rings. The largest absolute Gasteiger partial charge is 0.483 e. The highest BCUT2D eigenvalue weighted by molar-refractivity contribution is 6.30. The quantitative estimate of drug-likeness (QED) is 0.663. The average molecular weight is 417 g/mol. The molecule has 6 heteroatoms. The molecule has 0 saturated carbocycles. The SMILES string of the molecule is CCCNC(=O)C(C)N(Cc1ccc(Cl)cc1)C(=O)COc1ccc(C)cc1C. The Hall–Kier alpha value is -2.53. The van der Waals surface area contributed by atoms with Crippen molar-refractivity contribution >= 4 is 23.4 Å². The third-order valence-electron chi connectivity index (χ3n) is 4.66. The van der Waals surface area contributed by atoms with Crippen LogP contribution in [0.4, 0.5) is 0 Å². The molecule has 156 valence electrons. The number of nitrogens with zero attached hydrogens (tertiary/aromatic N) is 1. The van der Waals surface area contributed by atoms with Gasteiger partial charge in [0.25, 0.3) is 5.91 Å². The Labute approximate surface area is 178 Å². The van der Waals surface area contributed by atoms with Gasteiger partial charge in [0, 0.05) is 18.1 Å². The van der Waals surface area contributed by atoms with Crippen LogP contribution in [0.25, 0.3) is 0 Å². The van der Waals surface area contributed by atoms with Crippen LogP contribution in [0.3, 0.4) is 0 Å². The number of rotatable bonds is 9. The predicted octanol–water partition coefficient (Wildman–Crippen LogP) is 4.28. The summed E-state index contributed by atoms with van der Waals surface area (Å²) in [6, 6.07) is 12.4. The van der Waals surface area contributed by atoms with Crippen molar-refractivity contribution in [1.29, 1.82) is 0 Å². The summed E-state index contributed by atoms with van der Waals surface area (Å²) in [6.45, 7) is 8.40. The third kappa shape index (κ3) is 6.79. The van der Waals surface area contributed by atoms with Crippen molar-refractivity contribution in [3.63, 3.8) is 0 Å². The van der Waals surface area contributed by atoms with Crippen LogP contribution < -0.4 is 10.1 Å². The van der Waals surface area contributed by atoms with Crippen LogP contribution in [0.5, 0.6) is 5.75 Å². The highest BCUT2D eigenvalue weighted by atomic mass is 35.5. The summed E-state index contributed by atoms with van der Waals surface area (Å²) in [5.74, 6) is 0.234. The lowest BCUT2D eigenvalue weighted by Gasteiger charge is -2.29. The van der Waals surface area contributed by atoms with Gasteiger partial charge in [0.2, 0.25) is 5.91 Å². The molecule has 0 saturated heterocycles. The van der Waals surface area contributed by atoms with Gasteiger partial charge in [-0.1, -0.05) is 48.4 Å². The number of nitrogens with one attached hydrogen (secondary N) is 1. The average Bonchev–Trinajstić information content (AvgIpc) is 2.70. The van der Waals surface area contributed by atoms with E-state index < -0.39 is 6.04 Å². The van der Waals surface area contributed by atoms with Crippen molar-refractivity contribution in [2.45, 2.75) is 46.7 Å². The molecule has 0 radical (unpaired) electrons. The maximum absolute atomic E-state index is 13.0. The molecule has 0 aliphatic heterocycles. The number of aryl methyl sites for hydroxylation is 2. The van der Waals surface area contributed by atoms with Crippen molar-refractivity contribution in [3.8, 4) is 5.75 Å². The van der Waals surface area contributed by atoms with E-state index in [1.54, 1.807) is 19.1 Å². The van der Waals surface area contributed by atoms with E-state index in [1.807, 2.05) is 51.1 Å². The molecule has 1 N–H and O–H groups in total. The molecule has 0 aromatic heterocycles. The lowest BCUT2D eigenvalue weighted by atomic mass is 10.1.